The second-order valence-corrected chi connectivity index (χ2v) is 10.5. The van der Waals surface area contributed by atoms with Crippen LogP contribution in [0.1, 0.15) is 91.9 Å². The van der Waals surface area contributed by atoms with Crippen molar-refractivity contribution in [1.82, 2.24) is 0 Å². The summed E-state index contributed by atoms with van der Waals surface area (Å²) in [7, 11) is 0. The van der Waals surface area contributed by atoms with Crippen molar-refractivity contribution in [3.8, 4) is 0 Å². The molecule has 4 aliphatic carbocycles. The minimum absolute atomic E-state index is 0. The molecule has 28 heavy (non-hydrogen) atoms. The van der Waals surface area contributed by atoms with Crippen molar-refractivity contribution < 1.29 is 49.0 Å². The third-order valence-corrected chi connectivity index (χ3v) is 5.68. The van der Waals surface area contributed by atoms with Crippen molar-refractivity contribution in [2.24, 2.45) is 11.8 Å². The minimum Gasteiger partial charge on any atom is -1.00 e. The molecule has 0 aromatic rings. The van der Waals surface area contributed by atoms with E-state index in [1.807, 2.05) is 0 Å². The summed E-state index contributed by atoms with van der Waals surface area (Å²) in [5, 5.41) is 0. The first-order valence-electron chi connectivity index (χ1n) is 10.7. The summed E-state index contributed by atoms with van der Waals surface area (Å²) >= 11 is 1.55. The Kier molecular flexibility index (Phi) is 15.3. The van der Waals surface area contributed by atoms with Gasteiger partial charge in [-0.2, -0.15) is 22.3 Å². The number of hydrogen-bond donors (Lipinski definition) is 0. The number of rotatable bonds is 2. The maximum Gasteiger partial charge on any atom is -1.00 e. The number of hydrogen-bond acceptors (Lipinski definition) is 0. The van der Waals surface area contributed by atoms with E-state index in [1.54, 1.807) is 46.5 Å². The van der Waals surface area contributed by atoms with Gasteiger partial charge in [0.05, 0.1) is 0 Å². The molecule has 2 atom stereocenters. The zero-order chi connectivity index (χ0) is 18.9. The van der Waals surface area contributed by atoms with E-state index in [9.17, 15) is 0 Å². The van der Waals surface area contributed by atoms with Gasteiger partial charge in [0.1, 0.15) is 0 Å². The molecule has 0 bridgehead atoms. The van der Waals surface area contributed by atoms with Gasteiger partial charge in [-0.3, -0.25) is 12.2 Å². The Bertz CT molecular complexity index is 558. The fourth-order valence-electron chi connectivity index (χ4n) is 4.36. The molecular formula is C25H36Cl2Zr-2. The SMILES string of the molecule is CCC1[C-]=CC2=C1CCCC2.CCC1[C-]=CC2=C1CCCC2.C[C](C)=[Zr+2].[Cl-].[Cl-]. The summed E-state index contributed by atoms with van der Waals surface area (Å²) < 4.78 is 1.51. The van der Waals surface area contributed by atoms with Gasteiger partial charge in [-0.25, -0.2) is 12.2 Å². The van der Waals surface area contributed by atoms with Crippen LogP contribution in [0.15, 0.2) is 34.4 Å². The van der Waals surface area contributed by atoms with E-state index in [4.69, 9.17) is 0 Å². The van der Waals surface area contributed by atoms with Crippen LogP contribution in [0.3, 0.4) is 0 Å². The molecule has 0 amide bonds. The van der Waals surface area contributed by atoms with Gasteiger partial charge in [-0.05, 0) is 12.8 Å². The molecule has 0 aliphatic heterocycles. The third kappa shape index (κ3) is 8.57. The molecule has 4 rings (SSSR count). The van der Waals surface area contributed by atoms with Crippen LogP contribution in [0.2, 0.25) is 0 Å². The van der Waals surface area contributed by atoms with Gasteiger partial charge >= 0.3 is 41.3 Å². The van der Waals surface area contributed by atoms with Gasteiger partial charge in [0, 0.05) is 0 Å². The molecule has 156 valence electrons. The standard InChI is InChI=1S/2C11H15.C3H6.2ClH.Zr/c2*1-2-9-7-8-10-5-3-4-6-11(9)10;1-3-2;;;/h2*8-9H,2-6H2,1H3;1-2H3;2*1H;/q2*-1;;;;+2/p-2. The number of halogens is 2. The van der Waals surface area contributed by atoms with Crippen LogP contribution in [0.4, 0.5) is 0 Å². The molecule has 2 unspecified atom stereocenters. The fourth-order valence-corrected chi connectivity index (χ4v) is 4.36. The molecule has 0 heterocycles. The Labute approximate surface area is 201 Å². The van der Waals surface area contributed by atoms with Gasteiger partial charge in [0.25, 0.3) is 0 Å². The fraction of sp³-hybridized carbons (Fsp3) is 0.640. The summed E-state index contributed by atoms with van der Waals surface area (Å²) in [5.41, 5.74) is 6.64. The number of allylic oxidation sites excluding steroid dienone is 8. The van der Waals surface area contributed by atoms with Gasteiger partial charge in [-0.1, -0.05) is 77.0 Å². The maximum atomic E-state index is 3.45. The first-order valence-corrected chi connectivity index (χ1v) is 11.9. The van der Waals surface area contributed by atoms with E-state index in [1.165, 1.54) is 67.4 Å². The molecule has 4 aliphatic rings. The van der Waals surface area contributed by atoms with Crippen molar-refractivity contribution in [2.45, 2.75) is 91.9 Å². The monoisotopic (exact) mass is 496 g/mol. The topological polar surface area (TPSA) is 0 Å². The average molecular weight is 499 g/mol. The Morgan fingerprint density at radius 1 is 0.786 bits per heavy atom. The third-order valence-electron chi connectivity index (χ3n) is 5.68. The van der Waals surface area contributed by atoms with E-state index in [-0.39, 0.29) is 24.8 Å². The normalized spacial score (nSPS) is 24.1. The van der Waals surface area contributed by atoms with Crippen LogP contribution in [0, 0.1) is 24.0 Å². The molecule has 0 radical (unpaired) electrons. The van der Waals surface area contributed by atoms with Crippen LogP contribution in [0.25, 0.3) is 0 Å². The summed E-state index contributed by atoms with van der Waals surface area (Å²) in [6, 6.07) is 0. The Morgan fingerprint density at radius 3 is 1.43 bits per heavy atom. The van der Waals surface area contributed by atoms with Gasteiger partial charge < -0.3 is 24.8 Å². The largest absolute Gasteiger partial charge is 1.00 e. The van der Waals surface area contributed by atoms with Crippen LogP contribution in [-0.2, 0) is 24.2 Å². The van der Waals surface area contributed by atoms with Crippen LogP contribution in [-0.4, -0.2) is 3.21 Å². The van der Waals surface area contributed by atoms with Crippen molar-refractivity contribution >= 4 is 3.21 Å². The van der Waals surface area contributed by atoms with Gasteiger partial charge in [0.2, 0.25) is 0 Å². The molecule has 3 heteroatoms. The Balaban J connectivity index is 0.000000415. The molecule has 0 saturated heterocycles. The van der Waals surface area contributed by atoms with E-state index in [0.717, 1.165) is 0 Å². The molecule has 0 N–H and O–H groups in total. The second kappa shape index (κ2) is 15.1. The Morgan fingerprint density at radius 2 is 1.11 bits per heavy atom. The zero-order valence-electron chi connectivity index (χ0n) is 18.1. The van der Waals surface area contributed by atoms with Crippen molar-refractivity contribution in [3.05, 3.63) is 46.6 Å². The summed E-state index contributed by atoms with van der Waals surface area (Å²) in [5.74, 6) is 1.37. The molecule has 0 fully saturated rings. The molecule has 0 nitrogen and oxygen atoms in total. The average Bonchev–Trinajstić information content (AvgIpc) is 3.25. The van der Waals surface area contributed by atoms with E-state index in [0.29, 0.717) is 11.8 Å². The molecule has 0 aromatic heterocycles. The molecule has 0 saturated carbocycles. The predicted octanol–water partition coefficient (Wildman–Crippen LogP) is 1.27. The minimum atomic E-state index is 0. The summed E-state index contributed by atoms with van der Waals surface area (Å²) in [6.07, 6.45) is 24.8. The van der Waals surface area contributed by atoms with Crippen molar-refractivity contribution in [3.63, 3.8) is 0 Å². The Hall–Kier alpha value is 0.293. The van der Waals surface area contributed by atoms with E-state index >= 15 is 0 Å². The molecule has 0 aromatic carbocycles. The van der Waals surface area contributed by atoms with Crippen LogP contribution < -0.4 is 24.8 Å². The second-order valence-electron chi connectivity index (χ2n) is 8.06. The predicted molar refractivity (Wildman–Crippen MR) is 111 cm³/mol. The van der Waals surface area contributed by atoms with Crippen molar-refractivity contribution in [1.29, 1.82) is 0 Å². The van der Waals surface area contributed by atoms with E-state index in [2.05, 4.69) is 52.0 Å². The van der Waals surface area contributed by atoms with E-state index < -0.39 is 0 Å². The maximum absolute atomic E-state index is 3.45. The first-order chi connectivity index (χ1) is 12.6. The van der Waals surface area contributed by atoms with Crippen LogP contribution in [0.5, 0.6) is 0 Å². The summed E-state index contributed by atoms with van der Waals surface area (Å²) in [6.45, 7) is 8.77. The van der Waals surface area contributed by atoms with Gasteiger partial charge in [0.15, 0.2) is 0 Å². The summed E-state index contributed by atoms with van der Waals surface area (Å²) in [4.78, 5) is 0. The smallest absolute Gasteiger partial charge is 1.00 e. The van der Waals surface area contributed by atoms with Crippen LogP contribution >= 0.6 is 0 Å². The van der Waals surface area contributed by atoms with Gasteiger partial charge in [-0.15, -0.1) is 0 Å². The zero-order valence-corrected chi connectivity index (χ0v) is 22.1. The quantitative estimate of drug-likeness (QED) is 0.503. The van der Waals surface area contributed by atoms with Crippen molar-refractivity contribution in [2.75, 3.05) is 0 Å². The first kappa shape index (κ1) is 28.3. The molecular weight excluding hydrogens is 462 g/mol. The molecule has 0 spiro atoms.